The second kappa shape index (κ2) is 8.62. The van der Waals surface area contributed by atoms with Crippen LogP contribution in [0.1, 0.15) is 28.4 Å². The zero-order valence-corrected chi connectivity index (χ0v) is 14.9. The van der Waals surface area contributed by atoms with Crippen molar-refractivity contribution in [1.82, 2.24) is 10.2 Å². The van der Waals surface area contributed by atoms with Crippen molar-refractivity contribution in [3.63, 3.8) is 0 Å². The highest BCUT2D eigenvalue weighted by Gasteiger charge is 2.16. The van der Waals surface area contributed by atoms with Gasteiger partial charge in [-0.15, -0.1) is 0 Å². The number of nitrogens with one attached hydrogen (secondary N) is 1. The Morgan fingerprint density at radius 2 is 1.92 bits per heavy atom. The lowest BCUT2D eigenvalue weighted by atomic mass is 10.1. The number of aryl methyl sites for hydroxylation is 1. The maximum absolute atomic E-state index is 13.7. The summed E-state index contributed by atoms with van der Waals surface area (Å²) in [7, 11) is 0. The Bertz CT molecular complexity index is 760. The van der Waals surface area contributed by atoms with Gasteiger partial charge in [-0.3, -0.25) is 9.59 Å². The molecule has 0 aromatic heterocycles. The van der Waals surface area contributed by atoms with Gasteiger partial charge in [0, 0.05) is 26.6 Å². The van der Waals surface area contributed by atoms with Gasteiger partial charge in [0.2, 0.25) is 5.91 Å². The Morgan fingerprint density at radius 1 is 1.20 bits per heavy atom. The van der Waals surface area contributed by atoms with Gasteiger partial charge in [-0.05, 0) is 24.6 Å². The summed E-state index contributed by atoms with van der Waals surface area (Å²) in [6.07, 6.45) is 0. The molecule has 2 amide bonds. The number of halogens is 2. The van der Waals surface area contributed by atoms with Crippen LogP contribution in [0.25, 0.3) is 0 Å². The van der Waals surface area contributed by atoms with E-state index in [1.165, 1.54) is 25.1 Å². The first-order chi connectivity index (χ1) is 11.9. The quantitative estimate of drug-likeness (QED) is 0.854. The minimum absolute atomic E-state index is 0.0562. The molecule has 2 aromatic rings. The average Bonchev–Trinajstić information content (AvgIpc) is 2.53. The number of rotatable bonds is 6. The van der Waals surface area contributed by atoms with Crippen LogP contribution in [0.5, 0.6) is 0 Å². The molecular weight excluding hydrogens is 343 g/mol. The van der Waals surface area contributed by atoms with Crippen LogP contribution in [-0.2, 0) is 11.3 Å². The third-order valence-electron chi connectivity index (χ3n) is 3.76. The molecule has 0 spiro atoms. The van der Waals surface area contributed by atoms with Crippen LogP contribution >= 0.6 is 11.6 Å². The zero-order chi connectivity index (χ0) is 18.4. The van der Waals surface area contributed by atoms with Crippen LogP contribution in [0.4, 0.5) is 4.39 Å². The number of nitrogens with zero attached hydrogens (tertiary/aromatic N) is 1. The maximum Gasteiger partial charge on any atom is 0.255 e. The van der Waals surface area contributed by atoms with E-state index in [4.69, 9.17) is 11.6 Å². The van der Waals surface area contributed by atoms with Crippen molar-refractivity contribution in [2.45, 2.75) is 20.4 Å². The van der Waals surface area contributed by atoms with Crippen molar-refractivity contribution in [1.29, 1.82) is 0 Å². The third-order valence-corrected chi connectivity index (χ3v) is 4.07. The van der Waals surface area contributed by atoms with Gasteiger partial charge in [-0.25, -0.2) is 4.39 Å². The van der Waals surface area contributed by atoms with Crippen LogP contribution in [0.15, 0.2) is 42.5 Å². The lowest BCUT2D eigenvalue weighted by Gasteiger charge is -2.21. The number of carbonyl (C=O) groups is 2. The summed E-state index contributed by atoms with van der Waals surface area (Å²) in [5, 5.41) is 2.66. The van der Waals surface area contributed by atoms with Gasteiger partial charge in [-0.2, -0.15) is 0 Å². The molecule has 0 heterocycles. The molecule has 1 N–H and O–H groups in total. The Hall–Kier alpha value is -2.40. The topological polar surface area (TPSA) is 49.4 Å². The molecule has 25 heavy (non-hydrogen) atoms. The van der Waals surface area contributed by atoms with Crippen molar-refractivity contribution in [3.8, 4) is 0 Å². The molecule has 0 fully saturated rings. The summed E-state index contributed by atoms with van der Waals surface area (Å²) in [6, 6.07) is 12.0. The molecule has 2 aromatic carbocycles. The van der Waals surface area contributed by atoms with Crippen LogP contribution in [0.2, 0.25) is 5.02 Å². The molecule has 0 aliphatic carbocycles. The molecule has 4 nitrogen and oxygen atoms in total. The fourth-order valence-electron chi connectivity index (χ4n) is 2.49. The minimum Gasteiger partial charge on any atom is -0.350 e. The van der Waals surface area contributed by atoms with Gasteiger partial charge < -0.3 is 10.2 Å². The van der Waals surface area contributed by atoms with E-state index in [1.54, 1.807) is 4.90 Å². The molecule has 2 rings (SSSR count). The molecule has 0 aliphatic rings. The Morgan fingerprint density at radius 3 is 2.56 bits per heavy atom. The summed E-state index contributed by atoms with van der Waals surface area (Å²) in [5.41, 5.74) is 1.94. The highest BCUT2D eigenvalue weighted by molar-refractivity contribution is 6.33. The summed E-state index contributed by atoms with van der Waals surface area (Å²) < 4.78 is 13.7. The Labute approximate surface area is 151 Å². The lowest BCUT2D eigenvalue weighted by molar-refractivity contribution is -0.129. The SMILES string of the molecule is CC(=O)N(CCNC(=O)c1c(F)cccc1Cl)Cc1cccc(C)c1. The van der Waals surface area contributed by atoms with Crippen LogP contribution in [-0.4, -0.2) is 29.8 Å². The zero-order valence-electron chi connectivity index (χ0n) is 14.2. The van der Waals surface area contributed by atoms with Gasteiger partial charge in [0.15, 0.2) is 0 Å². The van der Waals surface area contributed by atoms with E-state index < -0.39 is 11.7 Å². The second-order valence-corrected chi connectivity index (χ2v) is 6.19. The van der Waals surface area contributed by atoms with E-state index in [-0.39, 0.29) is 23.0 Å². The predicted octanol–water partition coefficient (Wildman–Crippen LogP) is 3.57. The molecule has 0 atom stereocenters. The van der Waals surface area contributed by atoms with Gasteiger partial charge in [-0.1, -0.05) is 47.5 Å². The minimum atomic E-state index is -0.673. The van der Waals surface area contributed by atoms with Crippen LogP contribution in [0, 0.1) is 12.7 Å². The number of hydrogen-bond donors (Lipinski definition) is 1. The lowest BCUT2D eigenvalue weighted by Crippen LogP contribution is -2.37. The molecule has 0 saturated carbocycles. The molecule has 0 aliphatic heterocycles. The largest absolute Gasteiger partial charge is 0.350 e. The van der Waals surface area contributed by atoms with E-state index in [0.717, 1.165) is 11.1 Å². The molecule has 0 radical (unpaired) electrons. The fourth-order valence-corrected chi connectivity index (χ4v) is 2.74. The summed E-state index contributed by atoms with van der Waals surface area (Å²) in [4.78, 5) is 25.5. The van der Waals surface area contributed by atoms with Crippen molar-refractivity contribution in [2.75, 3.05) is 13.1 Å². The number of carbonyl (C=O) groups excluding carboxylic acids is 2. The van der Waals surface area contributed by atoms with Crippen molar-refractivity contribution in [2.24, 2.45) is 0 Å². The highest BCUT2D eigenvalue weighted by Crippen LogP contribution is 2.18. The van der Waals surface area contributed by atoms with E-state index in [1.807, 2.05) is 31.2 Å². The number of benzene rings is 2. The van der Waals surface area contributed by atoms with Crippen LogP contribution < -0.4 is 5.32 Å². The first-order valence-corrected chi connectivity index (χ1v) is 8.29. The van der Waals surface area contributed by atoms with Gasteiger partial charge in [0.25, 0.3) is 5.91 Å². The summed E-state index contributed by atoms with van der Waals surface area (Å²) in [6.45, 7) is 4.44. The van der Waals surface area contributed by atoms with E-state index >= 15 is 0 Å². The molecule has 6 heteroatoms. The monoisotopic (exact) mass is 362 g/mol. The molecule has 0 saturated heterocycles. The Balaban J connectivity index is 1.95. The normalized spacial score (nSPS) is 10.4. The van der Waals surface area contributed by atoms with Gasteiger partial charge >= 0.3 is 0 Å². The first-order valence-electron chi connectivity index (χ1n) is 7.91. The Kier molecular flexibility index (Phi) is 6.53. The van der Waals surface area contributed by atoms with Gasteiger partial charge in [0.05, 0.1) is 10.6 Å². The van der Waals surface area contributed by atoms with E-state index in [0.29, 0.717) is 13.1 Å². The third kappa shape index (κ3) is 5.29. The molecule has 0 unspecified atom stereocenters. The summed E-state index contributed by atoms with van der Waals surface area (Å²) >= 11 is 5.87. The smallest absolute Gasteiger partial charge is 0.255 e. The average molecular weight is 363 g/mol. The van der Waals surface area contributed by atoms with E-state index in [2.05, 4.69) is 5.32 Å². The van der Waals surface area contributed by atoms with Crippen molar-refractivity contribution < 1.29 is 14.0 Å². The first kappa shape index (κ1) is 18.9. The van der Waals surface area contributed by atoms with Gasteiger partial charge in [0.1, 0.15) is 5.82 Å². The number of amides is 2. The second-order valence-electron chi connectivity index (χ2n) is 5.78. The van der Waals surface area contributed by atoms with Crippen LogP contribution in [0.3, 0.4) is 0 Å². The fraction of sp³-hybridized carbons (Fsp3) is 0.263. The standard InChI is InChI=1S/C19H20ClFN2O2/c1-13-5-3-6-15(11-13)12-23(14(2)24)10-9-22-19(25)18-16(20)7-4-8-17(18)21/h3-8,11H,9-10,12H2,1-2H3,(H,22,25). The molecule has 0 bridgehead atoms. The predicted molar refractivity (Wildman–Crippen MR) is 96.0 cm³/mol. The molecule has 132 valence electrons. The van der Waals surface area contributed by atoms with Crippen molar-refractivity contribution >= 4 is 23.4 Å². The summed E-state index contributed by atoms with van der Waals surface area (Å²) in [5.74, 6) is -1.37. The molecular formula is C19H20ClFN2O2. The van der Waals surface area contributed by atoms with E-state index in [9.17, 15) is 14.0 Å². The highest BCUT2D eigenvalue weighted by atomic mass is 35.5. The maximum atomic E-state index is 13.7. The van der Waals surface area contributed by atoms with Crippen molar-refractivity contribution in [3.05, 3.63) is 70.0 Å². The number of hydrogen-bond acceptors (Lipinski definition) is 2.